The number of nitrogens with one attached hydrogen (secondary N) is 3. The minimum Gasteiger partial charge on any atom is -0.367 e. The minimum atomic E-state index is -0.0413. The van der Waals surface area contributed by atoms with Gasteiger partial charge in [-0.1, -0.05) is 36.0 Å². The summed E-state index contributed by atoms with van der Waals surface area (Å²) in [6.45, 7) is 1.10. The molecule has 1 amide bonds. The van der Waals surface area contributed by atoms with Gasteiger partial charge in [-0.2, -0.15) is 0 Å². The molecular formula is C16H24Cl4N4O. The normalized spacial score (nSPS) is 24.5. The third-order valence-electron chi connectivity index (χ3n) is 4.70. The largest absolute Gasteiger partial charge is 0.367 e. The van der Waals surface area contributed by atoms with Crippen molar-refractivity contribution in [3.05, 3.63) is 22.3 Å². The van der Waals surface area contributed by atoms with E-state index in [2.05, 4.69) is 20.9 Å². The molecule has 1 saturated heterocycles. The Morgan fingerprint density at radius 1 is 1.24 bits per heavy atom. The maximum Gasteiger partial charge on any atom is 0.237 e. The van der Waals surface area contributed by atoms with E-state index in [9.17, 15) is 4.79 Å². The van der Waals surface area contributed by atoms with Crippen molar-refractivity contribution in [2.75, 3.05) is 18.4 Å². The third-order valence-corrected chi connectivity index (χ3v) is 5.20. The van der Waals surface area contributed by atoms with Gasteiger partial charge in [-0.05, 0) is 31.2 Å². The molecule has 3 atom stereocenters. The lowest BCUT2D eigenvalue weighted by Crippen LogP contribution is -2.44. The van der Waals surface area contributed by atoms with Crippen molar-refractivity contribution in [2.45, 2.75) is 44.2 Å². The molecule has 3 unspecified atom stereocenters. The average molecular weight is 430 g/mol. The number of carbonyl (C=O) groups is 1. The topological polar surface area (TPSA) is 66.0 Å². The quantitative estimate of drug-likeness (QED) is 0.624. The first-order valence-electron chi connectivity index (χ1n) is 8.22. The molecule has 25 heavy (non-hydrogen) atoms. The first-order valence-corrected chi connectivity index (χ1v) is 8.98. The van der Waals surface area contributed by atoms with Crippen LogP contribution in [0, 0.1) is 5.92 Å². The summed E-state index contributed by atoms with van der Waals surface area (Å²) >= 11 is 11.8. The minimum absolute atomic E-state index is 0. The molecule has 1 saturated carbocycles. The van der Waals surface area contributed by atoms with Gasteiger partial charge in [0.05, 0.1) is 16.1 Å². The smallest absolute Gasteiger partial charge is 0.237 e. The maximum absolute atomic E-state index is 12.3. The standard InChI is InChI=1S/C16H22Cl2N4O.2ClH/c17-11-8-12(18)15(21-9-11)19-5-6-20-16(23)14-7-10-3-1-2-4-13(10)22-14;;/h8-10,13-14,22H,1-7H2,(H,19,21)(H,20,23);2*1H. The monoisotopic (exact) mass is 428 g/mol. The van der Waals surface area contributed by atoms with Gasteiger partial charge in [-0.25, -0.2) is 4.98 Å². The van der Waals surface area contributed by atoms with Crippen molar-refractivity contribution in [2.24, 2.45) is 5.92 Å². The molecule has 2 aliphatic rings. The molecule has 1 aromatic rings. The molecule has 3 N–H and O–H groups in total. The maximum atomic E-state index is 12.3. The lowest BCUT2D eigenvalue weighted by molar-refractivity contribution is -0.122. The van der Waals surface area contributed by atoms with Crippen molar-refractivity contribution in [1.29, 1.82) is 0 Å². The summed E-state index contributed by atoms with van der Waals surface area (Å²) in [6, 6.07) is 2.14. The molecule has 0 spiro atoms. The second kappa shape index (κ2) is 10.6. The predicted molar refractivity (Wildman–Crippen MR) is 108 cm³/mol. The van der Waals surface area contributed by atoms with E-state index in [4.69, 9.17) is 23.2 Å². The Morgan fingerprint density at radius 3 is 2.72 bits per heavy atom. The molecule has 0 bridgehead atoms. The van der Waals surface area contributed by atoms with Crippen LogP contribution in [0.25, 0.3) is 0 Å². The number of hydrogen-bond acceptors (Lipinski definition) is 4. The van der Waals surface area contributed by atoms with E-state index < -0.39 is 0 Å². The summed E-state index contributed by atoms with van der Waals surface area (Å²) in [5.41, 5.74) is 0. The number of anilines is 1. The van der Waals surface area contributed by atoms with Crippen molar-refractivity contribution in [3.63, 3.8) is 0 Å². The van der Waals surface area contributed by atoms with Gasteiger partial charge in [0.15, 0.2) is 0 Å². The fraction of sp³-hybridized carbons (Fsp3) is 0.625. The van der Waals surface area contributed by atoms with Gasteiger partial charge < -0.3 is 16.0 Å². The van der Waals surface area contributed by atoms with Crippen LogP contribution in [0.4, 0.5) is 5.82 Å². The van der Waals surface area contributed by atoms with E-state index in [-0.39, 0.29) is 36.8 Å². The second-order valence-electron chi connectivity index (χ2n) is 6.31. The van der Waals surface area contributed by atoms with E-state index in [1.165, 1.54) is 25.7 Å². The fourth-order valence-electron chi connectivity index (χ4n) is 3.56. The molecule has 3 rings (SSSR count). The first-order chi connectivity index (χ1) is 11.1. The van der Waals surface area contributed by atoms with Crippen LogP contribution in [0.5, 0.6) is 0 Å². The molecule has 1 aromatic heterocycles. The van der Waals surface area contributed by atoms with Gasteiger partial charge in [0.1, 0.15) is 5.82 Å². The first kappa shape index (κ1) is 22.6. The van der Waals surface area contributed by atoms with Crippen molar-refractivity contribution in [1.82, 2.24) is 15.6 Å². The number of pyridine rings is 1. The number of aromatic nitrogens is 1. The van der Waals surface area contributed by atoms with Crippen LogP contribution >= 0.6 is 48.0 Å². The summed E-state index contributed by atoms with van der Waals surface area (Å²) in [5, 5.41) is 10.5. The summed E-state index contributed by atoms with van der Waals surface area (Å²) in [4.78, 5) is 16.4. The highest BCUT2D eigenvalue weighted by Gasteiger charge is 2.37. The van der Waals surface area contributed by atoms with Crippen LogP contribution in [-0.2, 0) is 4.79 Å². The van der Waals surface area contributed by atoms with Crippen LogP contribution in [0.3, 0.4) is 0 Å². The number of carbonyl (C=O) groups excluding carboxylic acids is 1. The van der Waals surface area contributed by atoms with Crippen molar-refractivity contribution < 1.29 is 4.79 Å². The second-order valence-corrected chi connectivity index (χ2v) is 7.15. The van der Waals surface area contributed by atoms with Crippen molar-refractivity contribution in [3.8, 4) is 0 Å². The zero-order valence-corrected chi connectivity index (χ0v) is 16.9. The molecule has 5 nitrogen and oxygen atoms in total. The molecular weight excluding hydrogens is 406 g/mol. The summed E-state index contributed by atoms with van der Waals surface area (Å²) < 4.78 is 0. The Labute approximate surface area is 170 Å². The molecule has 1 aliphatic carbocycles. The zero-order chi connectivity index (χ0) is 16.2. The van der Waals surface area contributed by atoms with Gasteiger partial charge >= 0.3 is 0 Å². The number of hydrogen-bond donors (Lipinski definition) is 3. The lowest BCUT2D eigenvalue weighted by atomic mass is 9.85. The predicted octanol–water partition coefficient (Wildman–Crippen LogP) is 3.68. The molecule has 0 radical (unpaired) electrons. The Morgan fingerprint density at radius 2 is 2.00 bits per heavy atom. The Kier molecular flexibility index (Phi) is 9.60. The average Bonchev–Trinajstić information content (AvgIpc) is 2.97. The highest BCUT2D eigenvalue weighted by molar-refractivity contribution is 6.35. The van der Waals surface area contributed by atoms with Gasteiger partial charge in [-0.15, -0.1) is 24.8 Å². The Balaban J connectivity index is 0.00000156. The molecule has 1 aliphatic heterocycles. The van der Waals surface area contributed by atoms with Crippen LogP contribution in [-0.4, -0.2) is 36.1 Å². The fourth-order valence-corrected chi connectivity index (χ4v) is 4.00. The SMILES string of the molecule is Cl.Cl.O=C(NCCNc1ncc(Cl)cc1Cl)C1CC2CCCCC2N1. The highest BCUT2D eigenvalue weighted by Crippen LogP contribution is 2.33. The van der Waals surface area contributed by atoms with Gasteiger partial charge in [0.2, 0.25) is 5.91 Å². The Bertz CT molecular complexity index is 561. The number of nitrogens with zero attached hydrogens (tertiary/aromatic N) is 1. The van der Waals surface area contributed by atoms with E-state index in [1.807, 2.05) is 0 Å². The van der Waals surface area contributed by atoms with Crippen molar-refractivity contribution >= 4 is 59.7 Å². The van der Waals surface area contributed by atoms with E-state index in [1.54, 1.807) is 12.3 Å². The third kappa shape index (κ3) is 6.04. The van der Waals surface area contributed by atoms with Gasteiger partial charge in [0, 0.05) is 25.3 Å². The van der Waals surface area contributed by atoms with Crippen LogP contribution < -0.4 is 16.0 Å². The van der Waals surface area contributed by atoms with E-state index in [0.717, 1.165) is 6.42 Å². The van der Waals surface area contributed by atoms with Gasteiger partial charge in [-0.3, -0.25) is 4.79 Å². The number of halogens is 4. The molecule has 9 heteroatoms. The molecule has 0 aromatic carbocycles. The molecule has 2 heterocycles. The zero-order valence-electron chi connectivity index (χ0n) is 13.8. The molecule has 142 valence electrons. The van der Waals surface area contributed by atoms with Crippen LogP contribution in [0.2, 0.25) is 10.0 Å². The lowest BCUT2D eigenvalue weighted by Gasteiger charge is -2.24. The summed E-state index contributed by atoms with van der Waals surface area (Å²) in [5.74, 6) is 1.35. The molecule has 2 fully saturated rings. The van der Waals surface area contributed by atoms with E-state index in [0.29, 0.717) is 40.9 Å². The number of fused-ring (bicyclic) bond motifs is 1. The Hall–Kier alpha value is -0.460. The summed E-state index contributed by atoms with van der Waals surface area (Å²) in [6.07, 6.45) is 7.55. The summed E-state index contributed by atoms with van der Waals surface area (Å²) in [7, 11) is 0. The number of rotatable bonds is 5. The van der Waals surface area contributed by atoms with Crippen LogP contribution in [0.15, 0.2) is 12.3 Å². The van der Waals surface area contributed by atoms with Crippen LogP contribution in [0.1, 0.15) is 32.1 Å². The van der Waals surface area contributed by atoms with Gasteiger partial charge in [0.25, 0.3) is 0 Å². The van der Waals surface area contributed by atoms with E-state index >= 15 is 0 Å². The number of amides is 1. The highest BCUT2D eigenvalue weighted by atomic mass is 35.5.